The molecule has 0 bridgehead atoms. The third kappa shape index (κ3) is 15.9. The van der Waals surface area contributed by atoms with Gasteiger partial charge in [-0.05, 0) is 41.5 Å². The van der Waals surface area contributed by atoms with E-state index in [1.807, 2.05) is 41.5 Å². The van der Waals surface area contributed by atoms with Crippen LogP contribution in [-0.2, 0) is 27.9 Å². The molecule has 0 aliphatic rings. The molecule has 6 nitrogen and oxygen atoms in total. The highest BCUT2D eigenvalue weighted by atomic mass is 16.7. The fraction of sp³-hybridized carbons (Fsp3) is 1.00. The van der Waals surface area contributed by atoms with E-state index < -0.39 is 14.6 Å². The average molecular weight is 292 g/mol. The summed E-state index contributed by atoms with van der Waals surface area (Å²) in [6.07, 6.45) is 0.340. The van der Waals surface area contributed by atoms with Crippen molar-refractivity contribution in [2.24, 2.45) is 0 Å². The quantitative estimate of drug-likeness (QED) is 0.607. The van der Waals surface area contributed by atoms with Crippen molar-refractivity contribution in [1.82, 2.24) is 0 Å². The predicted molar refractivity (Wildman–Crippen MR) is 81.2 cm³/mol. The molecular weight excluding hydrogens is 262 g/mol. The average Bonchev–Trinajstić information content (AvgIpc) is 2.29. The van der Waals surface area contributed by atoms with Crippen molar-refractivity contribution < 1.29 is 27.9 Å². The van der Waals surface area contributed by atoms with Crippen molar-refractivity contribution in [2.75, 3.05) is 21.3 Å². The first-order valence-corrected chi connectivity index (χ1v) is 6.81. The van der Waals surface area contributed by atoms with Crippen LogP contribution in [0.15, 0.2) is 0 Å². The Hall–Kier alpha value is -0.110. The highest BCUT2D eigenvalue weighted by molar-refractivity contribution is 6.36. The normalized spacial score (nSPS) is 10.8. The molecule has 0 aliphatic carbocycles. The van der Waals surface area contributed by atoms with Gasteiger partial charge < -0.3 is 27.9 Å². The van der Waals surface area contributed by atoms with Gasteiger partial charge in [0.2, 0.25) is 0 Å². The first kappa shape index (κ1) is 22.2. The van der Waals surface area contributed by atoms with Gasteiger partial charge in [-0.2, -0.15) is 0 Å². The Balaban J connectivity index is 0. The summed E-state index contributed by atoms with van der Waals surface area (Å²) in [5, 5.41) is 0. The monoisotopic (exact) mass is 292 g/mol. The smallest absolute Gasteiger partial charge is 0.389 e. The molecule has 0 aromatic rings. The molecule has 0 aliphatic heterocycles. The summed E-state index contributed by atoms with van der Waals surface area (Å²) in [5.74, 6) is 0. The second-order valence-electron chi connectivity index (χ2n) is 4.84. The Morgan fingerprint density at radius 1 is 0.500 bits per heavy atom. The fourth-order valence-electron chi connectivity index (χ4n) is 1.05. The number of hydrogen-bond donors (Lipinski definition) is 0. The van der Waals surface area contributed by atoms with Crippen molar-refractivity contribution in [3.8, 4) is 0 Å². The summed E-state index contributed by atoms with van der Waals surface area (Å²) in [4.78, 5) is 0. The van der Waals surface area contributed by atoms with Gasteiger partial charge in [0.15, 0.2) is 0 Å². The maximum absolute atomic E-state index is 5.43. The van der Waals surface area contributed by atoms with Crippen LogP contribution >= 0.6 is 0 Å². The predicted octanol–water partition coefficient (Wildman–Crippen LogP) is 2.16. The molecule has 8 heteroatoms. The largest absolute Gasteiger partial charge is 0.639 e. The van der Waals surface area contributed by atoms with E-state index in [-0.39, 0.29) is 18.3 Å². The van der Waals surface area contributed by atoms with Crippen LogP contribution in [0.25, 0.3) is 0 Å². The van der Waals surface area contributed by atoms with E-state index in [2.05, 4.69) is 14.0 Å². The van der Waals surface area contributed by atoms with Gasteiger partial charge in [0.05, 0.1) is 0 Å². The van der Waals surface area contributed by atoms with E-state index in [1.165, 1.54) is 21.3 Å². The van der Waals surface area contributed by atoms with Crippen LogP contribution in [0.5, 0.6) is 0 Å². The third-order valence-corrected chi connectivity index (χ3v) is 1.73. The minimum absolute atomic E-state index is 0.113. The molecule has 0 spiro atoms. The standard InChI is InChI=1S/C9H21BO3.C3H9BO3/c1-7(2)11-10(12-8(3)4)13-9(5)6;1-5-4(6-2)7-3/h7-9H,1-6H3;1-3H3. The summed E-state index contributed by atoms with van der Waals surface area (Å²) < 4.78 is 30.1. The van der Waals surface area contributed by atoms with Crippen LogP contribution in [0.2, 0.25) is 0 Å². The summed E-state index contributed by atoms with van der Waals surface area (Å²) in [5.41, 5.74) is 0. The topological polar surface area (TPSA) is 55.4 Å². The maximum atomic E-state index is 5.43. The minimum Gasteiger partial charge on any atom is -0.389 e. The van der Waals surface area contributed by atoms with Crippen LogP contribution in [0.3, 0.4) is 0 Å². The van der Waals surface area contributed by atoms with Crippen molar-refractivity contribution in [2.45, 2.75) is 59.9 Å². The molecule has 0 saturated heterocycles. The van der Waals surface area contributed by atoms with Gasteiger partial charge in [0.1, 0.15) is 0 Å². The number of rotatable bonds is 9. The van der Waals surface area contributed by atoms with E-state index in [0.717, 1.165) is 0 Å². The van der Waals surface area contributed by atoms with E-state index in [4.69, 9.17) is 14.0 Å². The Morgan fingerprint density at radius 3 is 0.850 bits per heavy atom. The van der Waals surface area contributed by atoms with Crippen LogP contribution in [-0.4, -0.2) is 54.3 Å². The Morgan fingerprint density at radius 2 is 0.750 bits per heavy atom. The lowest BCUT2D eigenvalue weighted by Gasteiger charge is -2.20. The van der Waals surface area contributed by atoms with E-state index >= 15 is 0 Å². The van der Waals surface area contributed by atoms with Gasteiger partial charge in [-0.1, -0.05) is 0 Å². The van der Waals surface area contributed by atoms with Crippen LogP contribution in [0.4, 0.5) is 0 Å². The summed E-state index contributed by atoms with van der Waals surface area (Å²) in [6.45, 7) is 11.8. The van der Waals surface area contributed by atoms with Crippen LogP contribution < -0.4 is 0 Å². The minimum atomic E-state index is -0.542. The molecule has 0 heterocycles. The fourth-order valence-corrected chi connectivity index (χ4v) is 1.05. The molecule has 0 unspecified atom stereocenters. The molecular formula is C12H30B2O6. The zero-order valence-electron chi connectivity index (χ0n) is 14.3. The third-order valence-electron chi connectivity index (χ3n) is 1.73. The molecule has 20 heavy (non-hydrogen) atoms. The molecule has 0 aromatic carbocycles. The molecule has 0 radical (unpaired) electrons. The van der Waals surface area contributed by atoms with Gasteiger partial charge >= 0.3 is 14.6 Å². The highest BCUT2D eigenvalue weighted by Gasteiger charge is 2.25. The van der Waals surface area contributed by atoms with Gasteiger partial charge in [0, 0.05) is 39.6 Å². The van der Waals surface area contributed by atoms with Gasteiger partial charge in [0.25, 0.3) is 0 Å². The molecule has 0 aromatic heterocycles. The van der Waals surface area contributed by atoms with Gasteiger partial charge in [-0.3, -0.25) is 0 Å². The zero-order valence-corrected chi connectivity index (χ0v) is 14.3. The van der Waals surface area contributed by atoms with Crippen molar-refractivity contribution in [3.05, 3.63) is 0 Å². The second-order valence-corrected chi connectivity index (χ2v) is 4.84. The summed E-state index contributed by atoms with van der Waals surface area (Å²) >= 11 is 0. The Kier molecular flexibility index (Phi) is 15.4. The lowest BCUT2D eigenvalue weighted by Crippen LogP contribution is -2.34. The highest BCUT2D eigenvalue weighted by Crippen LogP contribution is 2.04. The molecule has 0 N–H and O–H groups in total. The summed E-state index contributed by atoms with van der Waals surface area (Å²) in [7, 11) is 3.48. The molecule has 0 amide bonds. The SMILES string of the molecule is CC(C)OB(OC(C)C)OC(C)C.COB(OC)OC. The van der Waals surface area contributed by atoms with Gasteiger partial charge in [-0.15, -0.1) is 0 Å². The van der Waals surface area contributed by atoms with Crippen molar-refractivity contribution >= 4 is 14.6 Å². The van der Waals surface area contributed by atoms with Gasteiger partial charge in [-0.25, -0.2) is 0 Å². The maximum Gasteiger partial charge on any atom is 0.639 e. The molecule has 120 valence electrons. The molecule has 0 rings (SSSR count). The van der Waals surface area contributed by atoms with Crippen LogP contribution in [0.1, 0.15) is 41.5 Å². The molecule has 0 fully saturated rings. The van der Waals surface area contributed by atoms with Crippen molar-refractivity contribution in [1.29, 1.82) is 0 Å². The van der Waals surface area contributed by atoms with Crippen LogP contribution in [0, 0.1) is 0 Å². The first-order chi connectivity index (χ1) is 9.26. The molecule has 0 atom stereocenters. The van der Waals surface area contributed by atoms with E-state index in [0.29, 0.717) is 0 Å². The summed E-state index contributed by atoms with van der Waals surface area (Å²) in [6, 6.07) is 0. The molecule has 0 saturated carbocycles. The zero-order chi connectivity index (χ0) is 16.1. The van der Waals surface area contributed by atoms with E-state index in [9.17, 15) is 0 Å². The Bertz CT molecular complexity index is 171. The van der Waals surface area contributed by atoms with Crippen molar-refractivity contribution in [3.63, 3.8) is 0 Å². The Labute approximate surface area is 124 Å². The first-order valence-electron chi connectivity index (χ1n) is 6.81. The van der Waals surface area contributed by atoms with E-state index in [1.54, 1.807) is 0 Å². The second kappa shape index (κ2) is 13.9. The lowest BCUT2D eigenvalue weighted by atomic mass is 10.2. The number of hydrogen-bond acceptors (Lipinski definition) is 6. The lowest BCUT2D eigenvalue weighted by molar-refractivity contribution is 0.0335.